The van der Waals surface area contributed by atoms with Crippen molar-refractivity contribution in [2.24, 2.45) is 5.73 Å². The summed E-state index contributed by atoms with van der Waals surface area (Å²) in [7, 11) is 5.74. The van der Waals surface area contributed by atoms with E-state index in [4.69, 9.17) is 10.5 Å². The molecule has 1 aliphatic carbocycles. The van der Waals surface area contributed by atoms with Gasteiger partial charge in [-0.3, -0.25) is 9.78 Å². The fourth-order valence-corrected chi connectivity index (χ4v) is 3.53. The summed E-state index contributed by atoms with van der Waals surface area (Å²) in [4.78, 5) is 27.0. The zero-order valence-electron chi connectivity index (χ0n) is 16.5. The number of nitrogens with zero attached hydrogens (tertiary/aromatic N) is 4. The molecule has 1 aliphatic rings. The van der Waals surface area contributed by atoms with Gasteiger partial charge in [-0.15, -0.1) is 0 Å². The Balaban J connectivity index is 1.85. The van der Waals surface area contributed by atoms with Gasteiger partial charge in [-0.1, -0.05) is 12.8 Å². The summed E-state index contributed by atoms with van der Waals surface area (Å²) in [6.45, 7) is 0. The molecule has 2 heterocycles. The number of amides is 1. The Labute approximate surface area is 164 Å². The Morgan fingerprint density at radius 3 is 2.75 bits per heavy atom. The average Bonchev–Trinajstić information content (AvgIpc) is 2.68. The van der Waals surface area contributed by atoms with Crippen LogP contribution in [0, 0.1) is 0 Å². The van der Waals surface area contributed by atoms with Crippen molar-refractivity contribution in [3.8, 4) is 5.75 Å². The molecule has 4 N–H and O–H groups in total. The molecule has 9 heteroatoms. The number of carbonyl (C=O) groups excluding carboxylic acids is 1. The number of pyridine rings is 1. The zero-order valence-corrected chi connectivity index (χ0v) is 16.5. The number of carbonyl (C=O) groups is 1. The van der Waals surface area contributed by atoms with E-state index >= 15 is 0 Å². The van der Waals surface area contributed by atoms with Crippen LogP contribution in [0.1, 0.15) is 36.0 Å². The van der Waals surface area contributed by atoms with E-state index in [2.05, 4.69) is 44.6 Å². The van der Waals surface area contributed by atoms with Crippen LogP contribution in [0.2, 0.25) is 0 Å². The molecule has 2 aromatic rings. The van der Waals surface area contributed by atoms with E-state index in [-0.39, 0.29) is 11.6 Å². The van der Waals surface area contributed by atoms with E-state index in [1.54, 1.807) is 25.6 Å². The number of primary amides is 1. The molecule has 3 rings (SSSR count). The van der Waals surface area contributed by atoms with Gasteiger partial charge in [0.15, 0.2) is 0 Å². The molecule has 0 unspecified atom stereocenters. The highest BCUT2D eigenvalue weighted by Crippen LogP contribution is 2.26. The van der Waals surface area contributed by atoms with E-state index in [0.717, 1.165) is 12.8 Å². The van der Waals surface area contributed by atoms with Gasteiger partial charge in [-0.05, 0) is 26.9 Å². The summed E-state index contributed by atoms with van der Waals surface area (Å²) in [6, 6.07) is 2.41. The second kappa shape index (κ2) is 8.83. The van der Waals surface area contributed by atoms with Crippen LogP contribution in [-0.2, 0) is 0 Å². The van der Waals surface area contributed by atoms with Gasteiger partial charge in [0, 0.05) is 24.3 Å². The minimum atomic E-state index is -0.603. The monoisotopic (exact) mass is 385 g/mol. The van der Waals surface area contributed by atoms with Crippen molar-refractivity contribution in [1.82, 2.24) is 19.9 Å². The molecule has 0 bridgehead atoms. The SMILES string of the molecule is COc1cncc(Nc2nc(N[C@@H]3CCCC[C@@H]3N(C)C)ncc2C(N)=O)c1. The van der Waals surface area contributed by atoms with Crippen LogP contribution < -0.4 is 21.1 Å². The molecule has 150 valence electrons. The summed E-state index contributed by atoms with van der Waals surface area (Å²) in [5, 5.41) is 6.53. The maximum atomic E-state index is 11.8. The molecule has 0 saturated heterocycles. The third kappa shape index (κ3) is 4.66. The van der Waals surface area contributed by atoms with E-state index in [1.165, 1.54) is 19.0 Å². The number of anilines is 3. The first-order valence-electron chi connectivity index (χ1n) is 9.34. The largest absolute Gasteiger partial charge is 0.495 e. The fourth-order valence-electron chi connectivity index (χ4n) is 3.53. The summed E-state index contributed by atoms with van der Waals surface area (Å²) >= 11 is 0. The molecule has 0 spiro atoms. The lowest BCUT2D eigenvalue weighted by Crippen LogP contribution is -2.45. The smallest absolute Gasteiger partial charge is 0.254 e. The van der Waals surface area contributed by atoms with Gasteiger partial charge < -0.3 is 26.0 Å². The Bertz CT molecular complexity index is 828. The predicted molar refractivity (Wildman–Crippen MR) is 108 cm³/mol. The molecule has 28 heavy (non-hydrogen) atoms. The number of nitrogens with two attached hydrogens (primary N) is 1. The molecular formula is C19H27N7O2. The Kier molecular flexibility index (Phi) is 6.25. The average molecular weight is 385 g/mol. The highest BCUT2D eigenvalue weighted by Gasteiger charge is 2.27. The highest BCUT2D eigenvalue weighted by atomic mass is 16.5. The van der Waals surface area contributed by atoms with Crippen molar-refractivity contribution in [3.05, 3.63) is 30.2 Å². The first-order chi connectivity index (χ1) is 13.5. The van der Waals surface area contributed by atoms with Crippen LogP contribution in [-0.4, -0.2) is 59.0 Å². The minimum absolute atomic E-state index is 0.209. The van der Waals surface area contributed by atoms with Gasteiger partial charge in [0.25, 0.3) is 5.91 Å². The normalized spacial score (nSPS) is 19.3. The van der Waals surface area contributed by atoms with Gasteiger partial charge in [0.2, 0.25) is 5.95 Å². The first-order valence-corrected chi connectivity index (χ1v) is 9.34. The maximum Gasteiger partial charge on any atom is 0.254 e. The van der Waals surface area contributed by atoms with Gasteiger partial charge in [0.1, 0.15) is 17.1 Å². The summed E-state index contributed by atoms with van der Waals surface area (Å²) in [5.41, 5.74) is 6.34. The number of ether oxygens (including phenoxy) is 1. The van der Waals surface area contributed by atoms with Gasteiger partial charge in [-0.25, -0.2) is 4.98 Å². The highest BCUT2D eigenvalue weighted by molar-refractivity contribution is 5.98. The maximum absolute atomic E-state index is 11.8. The second-order valence-corrected chi connectivity index (χ2v) is 7.12. The third-order valence-corrected chi connectivity index (χ3v) is 4.97. The molecule has 1 saturated carbocycles. The van der Waals surface area contributed by atoms with Crippen molar-refractivity contribution in [1.29, 1.82) is 0 Å². The van der Waals surface area contributed by atoms with Crippen LogP contribution in [0.15, 0.2) is 24.7 Å². The molecule has 1 amide bonds. The molecule has 1 fully saturated rings. The molecule has 0 aliphatic heterocycles. The Morgan fingerprint density at radius 2 is 2.04 bits per heavy atom. The standard InChI is InChI=1S/C19H27N7O2/c1-26(2)16-7-5-4-6-15(16)24-19-22-11-14(17(20)27)18(25-19)23-12-8-13(28-3)10-21-9-12/h8-11,15-16H,4-7H2,1-3H3,(H2,20,27)(H2,22,23,24,25)/t15-,16+/m1/s1. The van der Waals surface area contributed by atoms with Gasteiger partial charge in [-0.2, -0.15) is 4.98 Å². The van der Waals surface area contributed by atoms with Crippen molar-refractivity contribution in [3.63, 3.8) is 0 Å². The van der Waals surface area contributed by atoms with Crippen LogP contribution in [0.5, 0.6) is 5.75 Å². The minimum Gasteiger partial charge on any atom is -0.495 e. The number of aromatic nitrogens is 3. The van der Waals surface area contributed by atoms with E-state index in [1.807, 2.05) is 0 Å². The van der Waals surface area contributed by atoms with Crippen molar-refractivity contribution in [2.75, 3.05) is 31.8 Å². The molecule has 2 atom stereocenters. The lowest BCUT2D eigenvalue weighted by atomic mass is 9.89. The third-order valence-electron chi connectivity index (χ3n) is 4.97. The number of rotatable bonds is 7. The van der Waals surface area contributed by atoms with Gasteiger partial charge in [0.05, 0.1) is 25.2 Å². The summed E-state index contributed by atoms with van der Waals surface area (Å²) in [5.74, 6) is 0.780. The van der Waals surface area contributed by atoms with Crippen LogP contribution in [0.4, 0.5) is 17.5 Å². The number of hydrogen-bond acceptors (Lipinski definition) is 8. The number of methoxy groups -OCH3 is 1. The van der Waals surface area contributed by atoms with Crippen molar-refractivity contribution >= 4 is 23.4 Å². The lowest BCUT2D eigenvalue weighted by Gasteiger charge is -2.36. The number of hydrogen-bond donors (Lipinski definition) is 3. The van der Waals surface area contributed by atoms with Crippen molar-refractivity contribution < 1.29 is 9.53 Å². The van der Waals surface area contributed by atoms with E-state index in [0.29, 0.717) is 29.2 Å². The lowest BCUT2D eigenvalue weighted by molar-refractivity contribution is 0.100. The van der Waals surface area contributed by atoms with Crippen LogP contribution in [0.3, 0.4) is 0 Å². The second-order valence-electron chi connectivity index (χ2n) is 7.12. The van der Waals surface area contributed by atoms with Crippen LogP contribution >= 0.6 is 0 Å². The Hall–Kier alpha value is -2.94. The molecular weight excluding hydrogens is 358 g/mol. The quantitative estimate of drug-likeness (QED) is 0.662. The topological polar surface area (TPSA) is 118 Å². The molecule has 2 aromatic heterocycles. The van der Waals surface area contributed by atoms with Gasteiger partial charge >= 0.3 is 0 Å². The summed E-state index contributed by atoms with van der Waals surface area (Å²) < 4.78 is 5.18. The predicted octanol–water partition coefficient (Wildman–Crippen LogP) is 2.01. The summed E-state index contributed by atoms with van der Waals surface area (Å²) in [6.07, 6.45) is 9.22. The first kappa shape index (κ1) is 19.8. The molecule has 0 radical (unpaired) electrons. The zero-order chi connectivity index (χ0) is 20.1. The Morgan fingerprint density at radius 1 is 1.25 bits per heavy atom. The fraction of sp³-hybridized carbons (Fsp3) is 0.474. The number of likely N-dealkylation sites (N-methyl/N-ethyl adjacent to an activating group) is 1. The molecule has 0 aromatic carbocycles. The van der Waals surface area contributed by atoms with E-state index < -0.39 is 5.91 Å². The van der Waals surface area contributed by atoms with Crippen molar-refractivity contribution in [2.45, 2.75) is 37.8 Å². The number of nitrogens with one attached hydrogen (secondary N) is 2. The van der Waals surface area contributed by atoms with Crippen LogP contribution in [0.25, 0.3) is 0 Å². The molecule has 9 nitrogen and oxygen atoms in total. The van der Waals surface area contributed by atoms with E-state index in [9.17, 15) is 4.79 Å².